The first kappa shape index (κ1) is 21.7. The van der Waals surface area contributed by atoms with E-state index in [4.69, 9.17) is 4.98 Å². The van der Waals surface area contributed by atoms with E-state index in [2.05, 4.69) is 31.4 Å². The highest BCUT2D eigenvalue weighted by atomic mass is 16.2. The van der Waals surface area contributed by atoms with Crippen molar-refractivity contribution in [2.45, 2.75) is 65.0 Å². The largest absolute Gasteiger partial charge is 0.338 e. The van der Waals surface area contributed by atoms with Crippen molar-refractivity contribution in [1.82, 2.24) is 14.5 Å². The average Bonchev–Trinajstić information content (AvgIpc) is 3.36. The number of rotatable bonds is 4. The molecule has 3 heterocycles. The van der Waals surface area contributed by atoms with Crippen molar-refractivity contribution in [3.8, 4) is 0 Å². The minimum atomic E-state index is -0.0450. The lowest BCUT2D eigenvalue weighted by Gasteiger charge is -2.33. The van der Waals surface area contributed by atoms with Crippen LogP contribution in [-0.4, -0.2) is 45.4 Å². The van der Waals surface area contributed by atoms with E-state index >= 15 is 0 Å². The zero-order valence-corrected chi connectivity index (χ0v) is 19.8. The number of benzene rings is 2. The van der Waals surface area contributed by atoms with Gasteiger partial charge in [0.15, 0.2) is 0 Å². The third kappa shape index (κ3) is 3.92. The molecule has 2 aliphatic rings. The first-order chi connectivity index (χ1) is 15.9. The van der Waals surface area contributed by atoms with Crippen LogP contribution >= 0.6 is 0 Å². The number of hydrogen-bond donors (Lipinski definition) is 0. The Balaban J connectivity index is 1.48. The van der Waals surface area contributed by atoms with Crippen molar-refractivity contribution in [3.05, 3.63) is 59.4 Å². The molecule has 2 saturated heterocycles. The monoisotopic (exact) mass is 444 g/mol. The van der Waals surface area contributed by atoms with E-state index in [1.54, 1.807) is 0 Å². The molecule has 2 aromatic carbocycles. The maximum Gasteiger partial charge on any atom is 0.242 e. The molecule has 5 rings (SSSR count). The second-order valence-electron chi connectivity index (χ2n) is 9.60. The molecule has 2 amide bonds. The standard InChI is InChI=1S/C27H32N4O2/c1-18-9-8-13-23(20(18)3)30-16-21(15-25(30)32)27-28-22-11-4-5-12-24(22)31(27)17-26(33)29-14-7-6-10-19(29)2/h4-5,8-9,11-13,19,21H,6-7,10,14-17H2,1-3H3. The minimum absolute atomic E-state index is 0.0450. The van der Waals surface area contributed by atoms with Crippen LogP contribution in [0.4, 0.5) is 5.69 Å². The topological polar surface area (TPSA) is 58.4 Å². The van der Waals surface area contributed by atoms with Gasteiger partial charge in [0.1, 0.15) is 12.4 Å². The van der Waals surface area contributed by atoms with Gasteiger partial charge in [-0.2, -0.15) is 0 Å². The molecule has 0 bridgehead atoms. The minimum Gasteiger partial charge on any atom is -0.338 e. The van der Waals surface area contributed by atoms with Crippen LogP contribution in [0, 0.1) is 13.8 Å². The lowest BCUT2D eigenvalue weighted by molar-refractivity contribution is -0.135. The highest BCUT2D eigenvalue weighted by molar-refractivity contribution is 5.97. The fraction of sp³-hybridized carbons (Fsp3) is 0.444. The van der Waals surface area contributed by atoms with Crippen LogP contribution < -0.4 is 4.90 Å². The third-order valence-electron chi connectivity index (χ3n) is 7.46. The van der Waals surface area contributed by atoms with Crippen molar-refractivity contribution in [1.29, 1.82) is 0 Å². The molecule has 2 aliphatic heterocycles. The number of piperidine rings is 1. The predicted octanol–water partition coefficient (Wildman–Crippen LogP) is 4.57. The Morgan fingerprint density at radius 1 is 1.09 bits per heavy atom. The van der Waals surface area contributed by atoms with Gasteiger partial charge in [-0.3, -0.25) is 9.59 Å². The van der Waals surface area contributed by atoms with Gasteiger partial charge in [0.25, 0.3) is 0 Å². The summed E-state index contributed by atoms with van der Waals surface area (Å²) in [5.41, 5.74) is 5.13. The zero-order valence-electron chi connectivity index (χ0n) is 19.8. The van der Waals surface area contributed by atoms with Gasteiger partial charge >= 0.3 is 0 Å². The molecular formula is C27H32N4O2. The molecule has 0 saturated carbocycles. The van der Waals surface area contributed by atoms with Gasteiger partial charge in [-0.1, -0.05) is 24.3 Å². The number of likely N-dealkylation sites (tertiary alicyclic amines) is 1. The van der Waals surface area contributed by atoms with Gasteiger partial charge in [0.05, 0.1) is 11.0 Å². The summed E-state index contributed by atoms with van der Waals surface area (Å²) in [6, 6.07) is 14.3. The van der Waals surface area contributed by atoms with Crippen molar-refractivity contribution in [2.75, 3.05) is 18.0 Å². The van der Waals surface area contributed by atoms with Gasteiger partial charge in [-0.15, -0.1) is 0 Å². The van der Waals surface area contributed by atoms with Gasteiger partial charge in [-0.05, 0) is 69.4 Å². The van der Waals surface area contributed by atoms with Crippen LogP contribution in [-0.2, 0) is 16.1 Å². The summed E-state index contributed by atoms with van der Waals surface area (Å²) in [5, 5.41) is 0. The van der Waals surface area contributed by atoms with Crippen molar-refractivity contribution in [3.63, 3.8) is 0 Å². The summed E-state index contributed by atoms with van der Waals surface area (Å²) in [7, 11) is 0. The number of aryl methyl sites for hydroxylation is 1. The van der Waals surface area contributed by atoms with Crippen molar-refractivity contribution >= 4 is 28.5 Å². The molecule has 0 N–H and O–H groups in total. The maximum absolute atomic E-state index is 13.3. The Labute approximate surface area is 195 Å². The number of nitrogens with zero attached hydrogens (tertiary/aromatic N) is 4. The van der Waals surface area contributed by atoms with E-state index < -0.39 is 0 Å². The van der Waals surface area contributed by atoms with Crippen LogP contribution in [0.15, 0.2) is 42.5 Å². The number of anilines is 1. The summed E-state index contributed by atoms with van der Waals surface area (Å²) in [6.07, 6.45) is 3.72. The van der Waals surface area contributed by atoms with Crippen LogP contribution in [0.2, 0.25) is 0 Å². The zero-order chi connectivity index (χ0) is 23.1. The normalized spacial score (nSPS) is 21.2. The molecular weight excluding hydrogens is 412 g/mol. The predicted molar refractivity (Wildman–Crippen MR) is 130 cm³/mol. The fourth-order valence-corrected chi connectivity index (χ4v) is 5.41. The van der Waals surface area contributed by atoms with Crippen molar-refractivity contribution in [2.24, 2.45) is 0 Å². The SMILES string of the molecule is Cc1cccc(N2CC(c3nc4ccccc4n3CC(=O)N3CCCCC3C)CC2=O)c1C. The summed E-state index contributed by atoms with van der Waals surface area (Å²) >= 11 is 0. The molecule has 0 radical (unpaired) electrons. The van der Waals surface area contributed by atoms with Crippen LogP contribution in [0.25, 0.3) is 11.0 Å². The summed E-state index contributed by atoms with van der Waals surface area (Å²) in [4.78, 5) is 35.2. The lowest BCUT2D eigenvalue weighted by atomic mass is 10.0. The highest BCUT2D eigenvalue weighted by Crippen LogP contribution is 2.35. The first-order valence-electron chi connectivity index (χ1n) is 12.0. The molecule has 1 aromatic heterocycles. The fourth-order valence-electron chi connectivity index (χ4n) is 5.41. The third-order valence-corrected chi connectivity index (χ3v) is 7.46. The van der Waals surface area contributed by atoms with E-state index in [9.17, 15) is 9.59 Å². The Hall–Kier alpha value is -3.15. The number of carbonyl (C=O) groups excluding carboxylic acids is 2. The van der Waals surface area contributed by atoms with E-state index in [1.807, 2.05) is 46.2 Å². The van der Waals surface area contributed by atoms with E-state index in [0.29, 0.717) is 13.0 Å². The molecule has 3 aromatic rings. The molecule has 2 unspecified atom stereocenters. The number of amides is 2. The molecule has 2 atom stereocenters. The number of hydrogen-bond acceptors (Lipinski definition) is 3. The second kappa shape index (κ2) is 8.65. The van der Waals surface area contributed by atoms with E-state index in [-0.39, 0.29) is 30.3 Å². The highest BCUT2D eigenvalue weighted by Gasteiger charge is 2.36. The Bertz CT molecular complexity index is 1210. The number of aromatic nitrogens is 2. The van der Waals surface area contributed by atoms with Crippen molar-refractivity contribution < 1.29 is 9.59 Å². The number of carbonyl (C=O) groups is 2. The van der Waals surface area contributed by atoms with Gasteiger partial charge < -0.3 is 14.4 Å². The number of imidazole rings is 1. The smallest absolute Gasteiger partial charge is 0.242 e. The molecule has 2 fully saturated rings. The quantitative estimate of drug-likeness (QED) is 0.592. The van der Waals surface area contributed by atoms with Gasteiger partial charge in [0.2, 0.25) is 11.8 Å². The molecule has 33 heavy (non-hydrogen) atoms. The molecule has 6 nitrogen and oxygen atoms in total. The second-order valence-corrected chi connectivity index (χ2v) is 9.60. The Morgan fingerprint density at radius 3 is 2.73 bits per heavy atom. The molecule has 6 heteroatoms. The van der Waals surface area contributed by atoms with Gasteiger partial charge in [0, 0.05) is 37.2 Å². The van der Waals surface area contributed by atoms with Gasteiger partial charge in [-0.25, -0.2) is 4.98 Å². The van der Waals surface area contributed by atoms with Crippen LogP contribution in [0.5, 0.6) is 0 Å². The van der Waals surface area contributed by atoms with E-state index in [0.717, 1.165) is 47.5 Å². The average molecular weight is 445 g/mol. The Morgan fingerprint density at radius 2 is 1.91 bits per heavy atom. The van der Waals surface area contributed by atoms with Crippen LogP contribution in [0.1, 0.15) is 55.5 Å². The summed E-state index contributed by atoms with van der Waals surface area (Å²) in [5.74, 6) is 1.05. The number of fused-ring (bicyclic) bond motifs is 1. The summed E-state index contributed by atoms with van der Waals surface area (Å²) < 4.78 is 2.06. The lowest BCUT2D eigenvalue weighted by Crippen LogP contribution is -2.43. The molecule has 0 spiro atoms. The first-order valence-corrected chi connectivity index (χ1v) is 12.0. The Kier molecular flexibility index (Phi) is 5.69. The van der Waals surface area contributed by atoms with E-state index in [1.165, 1.54) is 12.0 Å². The molecule has 0 aliphatic carbocycles. The van der Waals surface area contributed by atoms with Crippen LogP contribution in [0.3, 0.4) is 0 Å². The maximum atomic E-state index is 13.3. The molecule has 172 valence electrons. The summed E-state index contributed by atoms with van der Waals surface area (Å²) in [6.45, 7) is 7.96. The number of para-hydroxylation sites is 2.